The third-order valence-electron chi connectivity index (χ3n) is 2.77. The maximum absolute atomic E-state index is 11.2. The molecule has 0 unspecified atom stereocenters. The number of likely N-dealkylation sites (N-methyl/N-ethyl adjacent to an activating group) is 1. The largest absolute Gasteiger partial charge is 0.506 e. The van der Waals surface area contributed by atoms with E-state index in [1.807, 2.05) is 6.92 Å². The van der Waals surface area contributed by atoms with Crippen molar-refractivity contribution in [2.75, 3.05) is 12.4 Å². The van der Waals surface area contributed by atoms with Gasteiger partial charge in [0.25, 0.3) is 0 Å². The standard InChI is InChI=1S/C13H17N5O2/c1-9-3-4-12(19)11(17-9)6-15-10-5-16-18(7-10)8-13(20)14-2/h3-5,7,15,19H,6,8H2,1-2H3,(H,14,20). The van der Waals surface area contributed by atoms with Gasteiger partial charge in [-0.05, 0) is 19.1 Å². The fraction of sp³-hybridized carbons (Fsp3) is 0.308. The first-order valence-corrected chi connectivity index (χ1v) is 6.21. The number of aromatic nitrogens is 3. The molecule has 2 aromatic rings. The van der Waals surface area contributed by atoms with Crippen molar-refractivity contribution in [3.05, 3.63) is 35.9 Å². The Balaban J connectivity index is 1.97. The summed E-state index contributed by atoms with van der Waals surface area (Å²) in [4.78, 5) is 15.5. The molecule has 0 aliphatic heterocycles. The summed E-state index contributed by atoms with van der Waals surface area (Å²) < 4.78 is 1.53. The van der Waals surface area contributed by atoms with Crippen LogP contribution >= 0.6 is 0 Å². The number of aryl methyl sites for hydroxylation is 1. The molecule has 0 atom stereocenters. The molecule has 20 heavy (non-hydrogen) atoms. The molecule has 0 fully saturated rings. The highest BCUT2D eigenvalue weighted by Crippen LogP contribution is 2.16. The fourth-order valence-corrected chi connectivity index (χ4v) is 1.69. The van der Waals surface area contributed by atoms with Crippen molar-refractivity contribution in [1.82, 2.24) is 20.1 Å². The zero-order valence-corrected chi connectivity index (χ0v) is 11.4. The number of nitrogens with zero attached hydrogens (tertiary/aromatic N) is 3. The van der Waals surface area contributed by atoms with Crippen molar-refractivity contribution < 1.29 is 9.90 Å². The van der Waals surface area contributed by atoms with E-state index in [1.165, 1.54) is 4.68 Å². The molecule has 0 spiro atoms. The van der Waals surface area contributed by atoms with Crippen molar-refractivity contribution >= 4 is 11.6 Å². The van der Waals surface area contributed by atoms with Gasteiger partial charge in [0.05, 0.1) is 18.4 Å². The SMILES string of the molecule is CNC(=O)Cn1cc(NCc2nc(C)ccc2O)cn1. The number of carbonyl (C=O) groups excluding carboxylic acids is 1. The number of amides is 1. The van der Waals surface area contributed by atoms with Crippen LogP contribution in [0.2, 0.25) is 0 Å². The minimum atomic E-state index is -0.113. The first kappa shape index (κ1) is 13.9. The molecule has 0 aliphatic rings. The molecule has 1 amide bonds. The third kappa shape index (κ3) is 3.47. The first-order chi connectivity index (χ1) is 9.58. The second kappa shape index (κ2) is 6.05. The second-order valence-electron chi connectivity index (χ2n) is 4.37. The average Bonchev–Trinajstić information content (AvgIpc) is 2.87. The van der Waals surface area contributed by atoms with E-state index in [1.54, 1.807) is 31.6 Å². The van der Waals surface area contributed by atoms with E-state index in [-0.39, 0.29) is 18.2 Å². The van der Waals surface area contributed by atoms with Crippen LogP contribution in [0.15, 0.2) is 24.5 Å². The maximum atomic E-state index is 11.2. The molecule has 0 aromatic carbocycles. The zero-order chi connectivity index (χ0) is 14.5. The number of nitrogens with one attached hydrogen (secondary N) is 2. The Hall–Kier alpha value is -2.57. The molecular formula is C13H17N5O2. The van der Waals surface area contributed by atoms with Crippen LogP contribution in [0.5, 0.6) is 5.75 Å². The summed E-state index contributed by atoms with van der Waals surface area (Å²) >= 11 is 0. The van der Waals surface area contributed by atoms with Crippen LogP contribution in [0.4, 0.5) is 5.69 Å². The van der Waals surface area contributed by atoms with Crippen molar-refractivity contribution in [2.45, 2.75) is 20.0 Å². The molecule has 0 aliphatic carbocycles. The Labute approximate surface area is 116 Å². The molecule has 3 N–H and O–H groups in total. The van der Waals surface area contributed by atoms with Gasteiger partial charge in [-0.2, -0.15) is 5.10 Å². The lowest BCUT2D eigenvalue weighted by atomic mass is 10.3. The minimum absolute atomic E-state index is 0.113. The summed E-state index contributed by atoms with van der Waals surface area (Å²) in [5.74, 6) is 0.0403. The molecule has 0 saturated heterocycles. The minimum Gasteiger partial charge on any atom is -0.506 e. The van der Waals surface area contributed by atoms with Crippen LogP contribution in [-0.2, 0) is 17.9 Å². The van der Waals surface area contributed by atoms with Gasteiger partial charge in [-0.15, -0.1) is 0 Å². The number of hydrogen-bond acceptors (Lipinski definition) is 5. The van der Waals surface area contributed by atoms with Crippen LogP contribution < -0.4 is 10.6 Å². The molecule has 7 nitrogen and oxygen atoms in total. The van der Waals surface area contributed by atoms with E-state index in [4.69, 9.17) is 0 Å². The van der Waals surface area contributed by atoms with E-state index in [2.05, 4.69) is 20.7 Å². The first-order valence-electron chi connectivity index (χ1n) is 6.21. The summed E-state index contributed by atoms with van der Waals surface area (Å²) in [7, 11) is 1.58. The van der Waals surface area contributed by atoms with Gasteiger partial charge in [0.1, 0.15) is 18.0 Å². The van der Waals surface area contributed by atoms with Gasteiger partial charge < -0.3 is 15.7 Å². The van der Waals surface area contributed by atoms with Crippen LogP contribution in [0.25, 0.3) is 0 Å². The molecule has 0 bridgehead atoms. The highest BCUT2D eigenvalue weighted by atomic mass is 16.3. The average molecular weight is 275 g/mol. The van der Waals surface area contributed by atoms with Crippen molar-refractivity contribution in [3.63, 3.8) is 0 Å². The number of hydrogen-bond donors (Lipinski definition) is 3. The molecular weight excluding hydrogens is 258 g/mol. The summed E-state index contributed by atoms with van der Waals surface area (Å²) in [6.45, 7) is 2.43. The molecule has 2 rings (SSSR count). The third-order valence-corrected chi connectivity index (χ3v) is 2.77. The number of anilines is 1. The number of aromatic hydroxyl groups is 1. The van der Waals surface area contributed by atoms with Gasteiger partial charge in [-0.25, -0.2) is 0 Å². The molecule has 0 radical (unpaired) electrons. The van der Waals surface area contributed by atoms with Gasteiger partial charge in [0.2, 0.25) is 5.91 Å². The van der Waals surface area contributed by atoms with Crippen molar-refractivity contribution in [3.8, 4) is 5.75 Å². The molecule has 2 heterocycles. The zero-order valence-electron chi connectivity index (χ0n) is 11.4. The van der Waals surface area contributed by atoms with Gasteiger partial charge in [-0.1, -0.05) is 0 Å². The van der Waals surface area contributed by atoms with Crippen LogP contribution in [0, 0.1) is 6.92 Å². The number of rotatable bonds is 5. The topological polar surface area (TPSA) is 92.1 Å². The maximum Gasteiger partial charge on any atom is 0.241 e. The van der Waals surface area contributed by atoms with Gasteiger partial charge >= 0.3 is 0 Å². The van der Waals surface area contributed by atoms with Crippen molar-refractivity contribution in [1.29, 1.82) is 0 Å². The van der Waals surface area contributed by atoms with Gasteiger partial charge in [0.15, 0.2) is 0 Å². The molecule has 7 heteroatoms. The summed E-state index contributed by atoms with van der Waals surface area (Å²) in [6, 6.07) is 3.37. The van der Waals surface area contributed by atoms with Crippen LogP contribution in [-0.4, -0.2) is 32.8 Å². The van der Waals surface area contributed by atoms with Gasteiger partial charge in [0, 0.05) is 18.9 Å². The predicted octanol–water partition coefficient (Wildman–Crippen LogP) is 0.650. The summed E-state index contributed by atoms with van der Waals surface area (Å²) in [6.07, 6.45) is 3.35. The molecule has 2 aromatic heterocycles. The van der Waals surface area contributed by atoms with E-state index in [9.17, 15) is 9.90 Å². The highest BCUT2D eigenvalue weighted by Gasteiger charge is 2.05. The lowest BCUT2D eigenvalue weighted by molar-refractivity contribution is -0.121. The quantitative estimate of drug-likeness (QED) is 0.745. The highest BCUT2D eigenvalue weighted by molar-refractivity contribution is 5.75. The Morgan fingerprint density at radius 2 is 2.25 bits per heavy atom. The lowest BCUT2D eigenvalue weighted by Crippen LogP contribution is -2.23. The van der Waals surface area contributed by atoms with E-state index in [0.717, 1.165) is 11.4 Å². The normalized spacial score (nSPS) is 10.3. The van der Waals surface area contributed by atoms with E-state index in [0.29, 0.717) is 12.2 Å². The predicted molar refractivity (Wildman–Crippen MR) is 74.3 cm³/mol. The Morgan fingerprint density at radius 1 is 1.45 bits per heavy atom. The Morgan fingerprint density at radius 3 is 3.00 bits per heavy atom. The van der Waals surface area contributed by atoms with Gasteiger partial charge in [-0.3, -0.25) is 14.5 Å². The van der Waals surface area contributed by atoms with Crippen LogP contribution in [0.3, 0.4) is 0 Å². The Kier molecular flexibility index (Phi) is 4.19. The van der Waals surface area contributed by atoms with Crippen molar-refractivity contribution in [2.24, 2.45) is 0 Å². The molecule has 106 valence electrons. The summed E-state index contributed by atoms with van der Waals surface area (Å²) in [5.41, 5.74) is 2.18. The molecule has 0 saturated carbocycles. The Bertz CT molecular complexity index is 609. The smallest absolute Gasteiger partial charge is 0.241 e. The fourth-order valence-electron chi connectivity index (χ4n) is 1.69. The van der Waals surface area contributed by atoms with E-state index >= 15 is 0 Å². The van der Waals surface area contributed by atoms with E-state index < -0.39 is 0 Å². The number of pyridine rings is 1. The van der Waals surface area contributed by atoms with Crippen LogP contribution in [0.1, 0.15) is 11.4 Å². The monoisotopic (exact) mass is 275 g/mol. The number of carbonyl (C=O) groups is 1. The second-order valence-corrected chi connectivity index (χ2v) is 4.37. The summed E-state index contributed by atoms with van der Waals surface area (Å²) in [5, 5.41) is 19.4. The lowest BCUT2D eigenvalue weighted by Gasteiger charge is -2.06.